The van der Waals surface area contributed by atoms with E-state index in [9.17, 15) is 23.3 Å². The lowest BCUT2D eigenvalue weighted by Crippen LogP contribution is -2.50. The zero-order chi connectivity index (χ0) is 21.2. The molecule has 11 heteroatoms. The van der Waals surface area contributed by atoms with Gasteiger partial charge in [0.05, 0.1) is 22.5 Å². The third-order valence-electron chi connectivity index (χ3n) is 4.58. The van der Waals surface area contributed by atoms with Crippen LogP contribution in [0.3, 0.4) is 0 Å². The van der Waals surface area contributed by atoms with Gasteiger partial charge in [-0.1, -0.05) is 17.7 Å². The Morgan fingerprint density at radius 1 is 1.14 bits per heavy atom. The van der Waals surface area contributed by atoms with Gasteiger partial charge in [-0.15, -0.1) is 0 Å². The molecule has 29 heavy (non-hydrogen) atoms. The molecule has 1 aliphatic rings. The number of nitro groups is 1. The molecule has 0 saturated carbocycles. The van der Waals surface area contributed by atoms with Gasteiger partial charge < -0.3 is 9.64 Å². The largest absolute Gasteiger partial charge is 0.496 e. The van der Waals surface area contributed by atoms with Crippen LogP contribution in [0.4, 0.5) is 5.69 Å². The summed E-state index contributed by atoms with van der Waals surface area (Å²) in [7, 11) is -2.36. The Morgan fingerprint density at radius 3 is 2.41 bits per heavy atom. The maximum absolute atomic E-state index is 12.9. The van der Waals surface area contributed by atoms with Gasteiger partial charge in [-0.2, -0.15) is 4.31 Å². The van der Waals surface area contributed by atoms with Crippen molar-refractivity contribution in [3.63, 3.8) is 0 Å². The number of piperazine rings is 1. The topological polar surface area (TPSA) is 110 Å². The second-order valence-corrected chi connectivity index (χ2v) is 8.67. The van der Waals surface area contributed by atoms with Gasteiger partial charge in [-0.25, -0.2) is 8.42 Å². The molecule has 1 heterocycles. The van der Waals surface area contributed by atoms with Gasteiger partial charge in [0.15, 0.2) is 0 Å². The molecule has 1 fully saturated rings. The summed E-state index contributed by atoms with van der Waals surface area (Å²) in [5, 5.41) is 11.3. The lowest BCUT2D eigenvalue weighted by atomic mass is 10.1. The van der Waals surface area contributed by atoms with Crippen LogP contribution in [0.15, 0.2) is 47.4 Å². The van der Waals surface area contributed by atoms with E-state index in [2.05, 4.69) is 0 Å². The second-order valence-electron chi connectivity index (χ2n) is 6.30. The van der Waals surface area contributed by atoms with Crippen molar-refractivity contribution in [1.82, 2.24) is 9.21 Å². The minimum Gasteiger partial charge on any atom is -0.496 e. The number of nitrogens with zero attached hydrogens (tertiary/aromatic N) is 3. The fourth-order valence-electron chi connectivity index (χ4n) is 3.06. The fraction of sp³-hybridized carbons (Fsp3) is 0.278. The first-order chi connectivity index (χ1) is 13.7. The predicted molar refractivity (Wildman–Crippen MR) is 106 cm³/mol. The molecule has 2 aromatic carbocycles. The molecular formula is C18H18ClN3O6S. The summed E-state index contributed by atoms with van der Waals surface area (Å²) < 4.78 is 32.0. The number of methoxy groups -OCH3 is 1. The number of nitro benzene ring substituents is 1. The van der Waals surface area contributed by atoms with E-state index in [-0.39, 0.29) is 48.1 Å². The Morgan fingerprint density at radius 2 is 1.83 bits per heavy atom. The first kappa shape index (κ1) is 21.0. The number of hydrogen-bond acceptors (Lipinski definition) is 6. The number of amides is 1. The molecule has 1 saturated heterocycles. The molecule has 1 amide bonds. The van der Waals surface area contributed by atoms with Crippen LogP contribution in [0, 0.1) is 10.1 Å². The van der Waals surface area contributed by atoms with Crippen LogP contribution < -0.4 is 4.74 Å². The Hall–Kier alpha value is -2.69. The molecule has 0 bridgehead atoms. The lowest BCUT2D eigenvalue weighted by Gasteiger charge is -2.34. The molecule has 0 N–H and O–H groups in total. The van der Waals surface area contributed by atoms with Crippen LogP contribution in [0.1, 0.15) is 10.4 Å². The fourth-order valence-corrected chi connectivity index (χ4v) is 4.78. The summed E-state index contributed by atoms with van der Waals surface area (Å²) >= 11 is 5.89. The number of benzene rings is 2. The van der Waals surface area contributed by atoms with Crippen molar-refractivity contribution in [2.45, 2.75) is 4.90 Å². The smallest absolute Gasteiger partial charge is 0.270 e. The maximum atomic E-state index is 12.9. The van der Waals surface area contributed by atoms with Gasteiger partial charge in [0.1, 0.15) is 5.75 Å². The minimum absolute atomic E-state index is 0.0628. The maximum Gasteiger partial charge on any atom is 0.270 e. The molecule has 0 spiro atoms. The molecule has 0 radical (unpaired) electrons. The number of hydrogen-bond donors (Lipinski definition) is 0. The van der Waals surface area contributed by atoms with Gasteiger partial charge in [0, 0.05) is 43.3 Å². The second kappa shape index (κ2) is 8.36. The summed E-state index contributed by atoms with van der Waals surface area (Å²) in [4.78, 5) is 24.8. The molecular weight excluding hydrogens is 422 g/mol. The molecule has 2 aromatic rings. The zero-order valence-corrected chi connectivity index (χ0v) is 17.0. The number of sulfonamides is 1. The van der Waals surface area contributed by atoms with Crippen LogP contribution in [0.5, 0.6) is 5.75 Å². The van der Waals surface area contributed by atoms with Crippen molar-refractivity contribution in [3.05, 3.63) is 63.2 Å². The minimum atomic E-state index is -3.73. The number of carbonyl (C=O) groups is 1. The highest BCUT2D eigenvalue weighted by molar-refractivity contribution is 7.89. The van der Waals surface area contributed by atoms with E-state index >= 15 is 0 Å². The van der Waals surface area contributed by atoms with Crippen LogP contribution in [-0.2, 0) is 10.0 Å². The molecule has 3 rings (SSSR count). The van der Waals surface area contributed by atoms with E-state index in [0.717, 1.165) is 6.07 Å². The highest BCUT2D eigenvalue weighted by Crippen LogP contribution is 2.26. The highest BCUT2D eigenvalue weighted by Gasteiger charge is 2.31. The highest BCUT2D eigenvalue weighted by atomic mass is 35.5. The molecule has 1 aliphatic heterocycles. The first-order valence-electron chi connectivity index (χ1n) is 8.61. The Labute approximate surface area is 172 Å². The van der Waals surface area contributed by atoms with Gasteiger partial charge in [0.2, 0.25) is 10.0 Å². The van der Waals surface area contributed by atoms with E-state index in [1.807, 2.05) is 0 Å². The molecule has 0 unspecified atom stereocenters. The third-order valence-corrected chi connectivity index (χ3v) is 6.71. The molecule has 0 aromatic heterocycles. The molecule has 0 atom stereocenters. The van der Waals surface area contributed by atoms with Gasteiger partial charge >= 0.3 is 0 Å². The van der Waals surface area contributed by atoms with Crippen molar-refractivity contribution in [2.75, 3.05) is 33.3 Å². The summed E-state index contributed by atoms with van der Waals surface area (Å²) in [5.74, 6) is -0.236. The van der Waals surface area contributed by atoms with E-state index in [1.165, 1.54) is 40.6 Å². The standard InChI is InChI=1S/C18H18ClN3O6S/c1-28-17-6-5-14(22(24)25)12-16(17)18(23)20-7-9-21(10-8-20)29(26,27)15-4-2-3-13(19)11-15/h2-6,11-12H,7-10H2,1H3. The number of ether oxygens (including phenoxy) is 1. The van der Waals surface area contributed by atoms with Crippen LogP contribution in [-0.4, -0.2) is 61.7 Å². The number of halogens is 1. The van der Waals surface area contributed by atoms with E-state index in [4.69, 9.17) is 16.3 Å². The van der Waals surface area contributed by atoms with Gasteiger partial charge in [-0.05, 0) is 24.3 Å². The van der Waals surface area contributed by atoms with Gasteiger partial charge in [0.25, 0.3) is 11.6 Å². The summed E-state index contributed by atoms with van der Waals surface area (Å²) in [6, 6.07) is 9.77. The predicted octanol–water partition coefficient (Wildman–Crippen LogP) is 2.40. The van der Waals surface area contributed by atoms with Crippen LogP contribution in [0.2, 0.25) is 5.02 Å². The quantitative estimate of drug-likeness (QED) is 0.522. The average Bonchev–Trinajstić information content (AvgIpc) is 2.72. The summed E-state index contributed by atoms with van der Waals surface area (Å²) in [6.07, 6.45) is 0. The Kier molecular flexibility index (Phi) is 6.06. The third kappa shape index (κ3) is 4.34. The van der Waals surface area contributed by atoms with Crippen molar-refractivity contribution < 1.29 is 22.9 Å². The van der Waals surface area contributed by atoms with E-state index in [0.29, 0.717) is 5.02 Å². The van der Waals surface area contributed by atoms with E-state index in [1.54, 1.807) is 12.1 Å². The zero-order valence-electron chi connectivity index (χ0n) is 15.4. The average molecular weight is 440 g/mol. The Balaban J connectivity index is 1.76. The molecule has 0 aliphatic carbocycles. The lowest BCUT2D eigenvalue weighted by molar-refractivity contribution is -0.384. The van der Waals surface area contributed by atoms with Crippen LogP contribution in [0.25, 0.3) is 0 Å². The van der Waals surface area contributed by atoms with Crippen molar-refractivity contribution in [2.24, 2.45) is 0 Å². The van der Waals surface area contributed by atoms with Crippen molar-refractivity contribution >= 4 is 33.2 Å². The van der Waals surface area contributed by atoms with Crippen molar-refractivity contribution in [3.8, 4) is 5.75 Å². The summed E-state index contributed by atoms with van der Waals surface area (Å²) in [5.41, 5.74) is -0.163. The molecule has 154 valence electrons. The summed E-state index contributed by atoms with van der Waals surface area (Å²) in [6.45, 7) is 0.477. The SMILES string of the molecule is COc1ccc([N+](=O)[O-])cc1C(=O)N1CCN(S(=O)(=O)c2cccc(Cl)c2)CC1. The van der Waals surface area contributed by atoms with Gasteiger partial charge in [-0.3, -0.25) is 14.9 Å². The number of non-ortho nitro benzene ring substituents is 1. The Bertz CT molecular complexity index is 1050. The normalized spacial score (nSPS) is 15.2. The molecule has 9 nitrogen and oxygen atoms in total. The van der Waals surface area contributed by atoms with Crippen LogP contribution >= 0.6 is 11.6 Å². The monoisotopic (exact) mass is 439 g/mol. The number of rotatable bonds is 5. The first-order valence-corrected chi connectivity index (χ1v) is 10.4. The number of carbonyl (C=O) groups excluding carboxylic acids is 1. The van der Waals surface area contributed by atoms with E-state index < -0.39 is 20.9 Å². The van der Waals surface area contributed by atoms with Crippen molar-refractivity contribution in [1.29, 1.82) is 0 Å².